The van der Waals surface area contributed by atoms with E-state index in [1.165, 1.54) is 12.1 Å². The normalized spacial score (nSPS) is 13.3. The summed E-state index contributed by atoms with van der Waals surface area (Å²) in [6.45, 7) is 0. The van der Waals surface area contributed by atoms with Crippen molar-refractivity contribution in [2.75, 3.05) is 7.11 Å². The standard InChI is InChI=1S/C9H7F3N2O/c1-15-8(9(10,11)12)6-2-3-7(4-13)14-5-6/h2-3,5,8H,1H3. The Kier molecular flexibility index (Phi) is 3.27. The summed E-state index contributed by atoms with van der Waals surface area (Å²) in [7, 11) is 0.969. The Labute approximate surface area is 84.1 Å². The maximum atomic E-state index is 12.4. The quantitative estimate of drug-likeness (QED) is 0.761. The van der Waals surface area contributed by atoms with Gasteiger partial charge in [-0.15, -0.1) is 0 Å². The van der Waals surface area contributed by atoms with E-state index in [-0.39, 0.29) is 11.3 Å². The molecule has 1 heterocycles. The van der Waals surface area contributed by atoms with Crippen LogP contribution in [0.1, 0.15) is 17.4 Å². The van der Waals surface area contributed by atoms with Crippen molar-refractivity contribution in [3.05, 3.63) is 29.6 Å². The van der Waals surface area contributed by atoms with Crippen molar-refractivity contribution in [3.8, 4) is 6.07 Å². The first-order valence-electron chi connectivity index (χ1n) is 3.94. The first-order valence-corrected chi connectivity index (χ1v) is 3.94. The van der Waals surface area contributed by atoms with Gasteiger partial charge >= 0.3 is 6.18 Å². The summed E-state index contributed by atoms with van der Waals surface area (Å²) in [5.41, 5.74) is -0.0558. The van der Waals surface area contributed by atoms with Gasteiger partial charge in [-0.3, -0.25) is 0 Å². The predicted molar refractivity (Wildman–Crippen MR) is 44.8 cm³/mol. The van der Waals surface area contributed by atoms with Crippen LogP contribution in [0, 0.1) is 11.3 Å². The number of halogens is 3. The van der Waals surface area contributed by atoms with E-state index in [1.54, 1.807) is 6.07 Å². The number of hydrogen-bond donors (Lipinski definition) is 0. The average molecular weight is 216 g/mol. The number of nitriles is 1. The van der Waals surface area contributed by atoms with Crippen molar-refractivity contribution in [1.82, 2.24) is 4.98 Å². The Morgan fingerprint density at radius 3 is 2.47 bits per heavy atom. The summed E-state index contributed by atoms with van der Waals surface area (Å²) in [6, 6.07) is 4.11. The molecule has 1 aromatic heterocycles. The molecule has 0 aliphatic heterocycles. The van der Waals surface area contributed by atoms with Crippen LogP contribution in [-0.4, -0.2) is 18.3 Å². The van der Waals surface area contributed by atoms with Crippen molar-refractivity contribution in [2.45, 2.75) is 12.3 Å². The topological polar surface area (TPSA) is 45.9 Å². The monoisotopic (exact) mass is 216 g/mol. The molecule has 0 saturated heterocycles. The molecule has 0 saturated carbocycles. The molecule has 0 aliphatic carbocycles. The molecule has 0 aromatic carbocycles. The SMILES string of the molecule is COC(c1ccc(C#N)nc1)C(F)(F)F. The molecule has 0 amide bonds. The Morgan fingerprint density at radius 2 is 2.13 bits per heavy atom. The predicted octanol–water partition coefficient (Wildman–Crippen LogP) is 2.20. The zero-order chi connectivity index (χ0) is 11.5. The van der Waals surface area contributed by atoms with Crippen molar-refractivity contribution < 1.29 is 17.9 Å². The minimum atomic E-state index is -4.48. The van der Waals surface area contributed by atoms with E-state index in [9.17, 15) is 13.2 Å². The zero-order valence-corrected chi connectivity index (χ0v) is 7.75. The molecule has 0 N–H and O–H groups in total. The van der Waals surface area contributed by atoms with E-state index >= 15 is 0 Å². The molecule has 0 spiro atoms. The van der Waals surface area contributed by atoms with Crippen LogP contribution in [0.25, 0.3) is 0 Å². The number of rotatable bonds is 2. The number of hydrogen-bond acceptors (Lipinski definition) is 3. The summed E-state index contributed by atoms with van der Waals surface area (Å²) < 4.78 is 41.4. The van der Waals surface area contributed by atoms with E-state index in [1.807, 2.05) is 0 Å². The van der Waals surface area contributed by atoms with Crippen molar-refractivity contribution in [3.63, 3.8) is 0 Å². The molecule has 0 fully saturated rings. The van der Waals surface area contributed by atoms with Gasteiger partial charge in [0.1, 0.15) is 11.8 Å². The van der Waals surface area contributed by atoms with Gasteiger partial charge < -0.3 is 4.74 Å². The lowest BCUT2D eigenvalue weighted by molar-refractivity contribution is -0.216. The second-order valence-electron chi connectivity index (χ2n) is 2.75. The molecule has 0 bridgehead atoms. The lowest BCUT2D eigenvalue weighted by atomic mass is 10.1. The molecular formula is C9H7F3N2O. The summed E-state index contributed by atoms with van der Waals surface area (Å²) in [5.74, 6) is 0. The molecule has 0 radical (unpaired) electrons. The smallest absolute Gasteiger partial charge is 0.367 e. The van der Waals surface area contributed by atoms with Crippen LogP contribution in [0.3, 0.4) is 0 Å². The molecule has 1 rings (SSSR count). The molecular weight excluding hydrogens is 209 g/mol. The van der Waals surface area contributed by atoms with Gasteiger partial charge in [-0.1, -0.05) is 6.07 Å². The van der Waals surface area contributed by atoms with E-state index in [4.69, 9.17) is 5.26 Å². The minimum Gasteiger partial charge on any atom is -0.367 e. The molecule has 80 valence electrons. The molecule has 6 heteroatoms. The minimum absolute atomic E-state index is 0.0655. The molecule has 1 unspecified atom stereocenters. The molecule has 3 nitrogen and oxygen atoms in total. The third kappa shape index (κ3) is 2.67. The summed E-state index contributed by atoms with van der Waals surface area (Å²) in [4.78, 5) is 3.54. The highest BCUT2D eigenvalue weighted by Crippen LogP contribution is 2.34. The third-order valence-corrected chi connectivity index (χ3v) is 1.74. The van der Waals surface area contributed by atoms with E-state index in [0.29, 0.717) is 0 Å². The molecule has 0 aliphatic rings. The van der Waals surface area contributed by atoms with Gasteiger partial charge in [0.25, 0.3) is 0 Å². The fourth-order valence-electron chi connectivity index (χ4n) is 1.09. The van der Waals surface area contributed by atoms with Crippen molar-refractivity contribution in [1.29, 1.82) is 5.26 Å². The van der Waals surface area contributed by atoms with Crippen LogP contribution in [0.15, 0.2) is 18.3 Å². The second-order valence-corrected chi connectivity index (χ2v) is 2.75. The fourth-order valence-corrected chi connectivity index (χ4v) is 1.09. The van der Waals surface area contributed by atoms with Crippen LogP contribution in [-0.2, 0) is 4.74 Å². The first-order chi connectivity index (χ1) is 6.99. The average Bonchev–Trinajstić information content (AvgIpc) is 2.18. The fraction of sp³-hybridized carbons (Fsp3) is 0.333. The lowest BCUT2D eigenvalue weighted by Crippen LogP contribution is -2.22. The first kappa shape index (κ1) is 11.5. The van der Waals surface area contributed by atoms with Gasteiger partial charge in [-0.2, -0.15) is 18.4 Å². The summed E-state index contributed by atoms with van der Waals surface area (Å²) >= 11 is 0. The highest BCUT2D eigenvalue weighted by Gasteiger charge is 2.41. The largest absolute Gasteiger partial charge is 0.418 e. The zero-order valence-electron chi connectivity index (χ0n) is 7.75. The maximum Gasteiger partial charge on any atom is 0.418 e. The number of ether oxygens (including phenoxy) is 1. The van der Waals surface area contributed by atoms with E-state index in [2.05, 4.69) is 9.72 Å². The van der Waals surface area contributed by atoms with Crippen LogP contribution in [0.4, 0.5) is 13.2 Å². The highest BCUT2D eigenvalue weighted by molar-refractivity contribution is 5.24. The number of alkyl halides is 3. The van der Waals surface area contributed by atoms with E-state index < -0.39 is 12.3 Å². The van der Waals surface area contributed by atoms with Crippen molar-refractivity contribution >= 4 is 0 Å². The Balaban J connectivity index is 3.00. The van der Waals surface area contributed by atoms with E-state index in [0.717, 1.165) is 13.3 Å². The summed E-state index contributed by atoms with van der Waals surface area (Å²) in [6.07, 6.45) is -5.50. The van der Waals surface area contributed by atoms with Crippen LogP contribution < -0.4 is 0 Å². The van der Waals surface area contributed by atoms with Gasteiger partial charge in [0.15, 0.2) is 6.10 Å². The Bertz CT molecular complexity index is 366. The Morgan fingerprint density at radius 1 is 1.47 bits per heavy atom. The lowest BCUT2D eigenvalue weighted by Gasteiger charge is -2.18. The number of pyridine rings is 1. The van der Waals surface area contributed by atoms with Gasteiger partial charge in [0.2, 0.25) is 0 Å². The van der Waals surface area contributed by atoms with Crippen molar-refractivity contribution in [2.24, 2.45) is 0 Å². The second kappa shape index (κ2) is 4.28. The maximum absolute atomic E-state index is 12.4. The third-order valence-electron chi connectivity index (χ3n) is 1.74. The van der Waals surface area contributed by atoms with Crippen LogP contribution in [0.2, 0.25) is 0 Å². The highest BCUT2D eigenvalue weighted by atomic mass is 19.4. The summed E-state index contributed by atoms with van der Waals surface area (Å²) in [5, 5.41) is 8.42. The number of methoxy groups -OCH3 is 1. The Hall–Kier alpha value is -1.61. The molecule has 15 heavy (non-hydrogen) atoms. The van der Waals surface area contributed by atoms with Gasteiger partial charge in [0.05, 0.1) is 0 Å². The van der Waals surface area contributed by atoms with Crippen LogP contribution >= 0.6 is 0 Å². The molecule has 1 aromatic rings. The number of nitrogens with zero attached hydrogens (tertiary/aromatic N) is 2. The van der Waals surface area contributed by atoms with Gasteiger partial charge in [0, 0.05) is 18.9 Å². The number of aromatic nitrogens is 1. The van der Waals surface area contributed by atoms with Crippen LogP contribution in [0.5, 0.6) is 0 Å². The van der Waals surface area contributed by atoms with Gasteiger partial charge in [-0.05, 0) is 6.07 Å². The van der Waals surface area contributed by atoms with Gasteiger partial charge in [-0.25, -0.2) is 4.98 Å². The molecule has 1 atom stereocenters.